The van der Waals surface area contributed by atoms with E-state index in [0.717, 1.165) is 5.01 Å². The van der Waals surface area contributed by atoms with Crippen molar-refractivity contribution in [3.63, 3.8) is 0 Å². The molecule has 1 heterocycles. The Morgan fingerprint density at radius 2 is 2.24 bits per heavy atom. The summed E-state index contributed by atoms with van der Waals surface area (Å²) in [6, 6.07) is 0. The molecule has 1 aromatic rings. The highest BCUT2D eigenvalue weighted by Crippen LogP contribution is 2.15. The van der Waals surface area contributed by atoms with Gasteiger partial charge in [0.05, 0.1) is 13.1 Å². The van der Waals surface area contributed by atoms with Crippen LogP contribution in [-0.2, 0) is 11.3 Å². The van der Waals surface area contributed by atoms with Gasteiger partial charge in [-0.3, -0.25) is 9.69 Å². The second-order valence-electron chi connectivity index (χ2n) is 4.32. The Bertz CT molecular complexity index is 369. The van der Waals surface area contributed by atoms with E-state index in [-0.39, 0.29) is 5.91 Å². The molecule has 1 amide bonds. The van der Waals surface area contributed by atoms with Gasteiger partial charge in [-0.1, -0.05) is 25.2 Å². The van der Waals surface area contributed by atoms with E-state index in [0.29, 0.717) is 30.0 Å². The monoisotopic (exact) mass is 276 g/mol. The normalized spacial score (nSPS) is 11.2. The topological polar surface area (TPSA) is 58.1 Å². The lowest BCUT2D eigenvalue weighted by Gasteiger charge is -2.15. The van der Waals surface area contributed by atoms with Crippen LogP contribution in [0.3, 0.4) is 0 Å². The van der Waals surface area contributed by atoms with Crippen molar-refractivity contribution in [1.82, 2.24) is 20.4 Å². The summed E-state index contributed by atoms with van der Waals surface area (Å²) in [6.45, 7) is 5.77. The minimum absolute atomic E-state index is 0.0248. The Morgan fingerprint density at radius 1 is 1.53 bits per heavy atom. The van der Waals surface area contributed by atoms with Crippen LogP contribution in [0.2, 0.25) is 4.47 Å². The number of rotatable bonds is 6. The molecule has 1 N–H and O–H groups in total. The Morgan fingerprint density at radius 3 is 2.76 bits per heavy atom. The van der Waals surface area contributed by atoms with E-state index in [9.17, 15) is 4.79 Å². The molecule has 1 rings (SSSR count). The van der Waals surface area contributed by atoms with Crippen LogP contribution in [0.5, 0.6) is 0 Å². The smallest absolute Gasteiger partial charge is 0.234 e. The van der Waals surface area contributed by atoms with Gasteiger partial charge in [-0.05, 0) is 24.6 Å². The molecule has 0 aromatic carbocycles. The third-order valence-electron chi connectivity index (χ3n) is 1.97. The molecular formula is C10H17ClN4OS. The van der Waals surface area contributed by atoms with Gasteiger partial charge in [-0.15, -0.1) is 10.2 Å². The van der Waals surface area contributed by atoms with E-state index >= 15 is 0 Å². The molecule has 0 atom stereocenters. The van der Waals surface area contributed by atoms with Crippen molar-refractivity contribution >= 4 is 28.8 Å². The molecule has 0 saturated heterocycles. The molecule has 0 spiro atoms. The summed E-state index contributed by atoms with van der Waals surface area (Å²) in [4.78, 5) is 13.4. The van der Waals surface area contributed by atoms with Crippen LogP contribution in [0.4, 0.5) is 0 Å². The summed E-state index contributed by atoms with van der Waals surface area (Å²) in [5.74, 6) is 0.489. The zero-order valence-corrected chi connectivity index (χ0v) is 11.8. The van der Waals surface area contributed by atoms with E-state index < -0.39 is 0 Å². The molecule has 0 radical (unpaired) electrons. The number of likely N-dealkylation sites (N-methyl/N-ethyl adjacent to an activating group) is 1. The van der Waals surface area contributed by atoms with E-state index in [1.807, 2.05) is 11.9 Å². The van der Waals surface area contributed by atoms with E-state index in [1.165, 1.54) is 11.3 Å². The first-order valence-corrected chi connectivity index (χ1v) is 6.60. The molecule has 0 aliphatic rings. The predicted octanol–water partition coefficient (Wildman–Crippen LogP) is 1.40. The molecule has 7 heteroatoms. The Hall–Kier alpha value is -0.720. The number of carbonyl (C=O) groups excluding carboxylic acids is 1. The quantitative estimate of drug-likeness (QED) is 0.853. The van der Waals surface area contributed by atoms with Crippen molar-refractivity contribution in [2.75, 3.05) is 20.1 Å². The van der Waals surface area contributed by atoms with Crippen LogP contribution in [0.1, 0.15) is 18.9 Å². The van der Waals surface area contributed by atoms with Crippen LogP contribution in [0.25, 0.3) is 0 Å². The second-order valence-corrected chi connectivity index (χ2v) is 5.96. The van der Waals surface area contributed by atoms with Gasteiger partial charge in [-0.25, -0.2) is 0 Å². The van der Waals surface area contributed by atoms with Gasteiger partial charge in [0.25, 0.3) is 0 Å². The lowest BCUT2D eigenvalue weighted by molar-refractivity contribution is -0.122. The third kappa shape index (κ3) is 5.95. The maximum absolute atomic E-state index is 11.5. The zero-order valence-electron chi connectivity index (χ0n) is 10.2. The third-order valence-corrected chi connectivity index (χ3v) is 2.97. The molecule has 5 nitrogen and oxygen atoms in total. The number of nitrogens with zero attached hydrogens (tertiary/aromatic N) is 3. The maximum atomic E-state index is 11.5. The summed E-state index contributed by atoms with van der Waals surface area (Å²) >= 11 is 7.01. The molecular weight excluding hydrogens is 260 g/mol. The lowest BCUT2D eigenvalue weighted by Crippen LogP contribution is -2.36. The molecule has 0 aliphatic carbocycles. The number of hydrogen-bond acceptors (Lipinski definition) is 5. The van der Waals surface area contributed by atoms with Crippen LogP contribution in [0, 0.1) is 5.92 Å². The molecule has 0 fully saturated rings. The van der Waals surface area contributed by atoms with Crippen molar-refractivity contribution in [2.24, 2.45) is 5.92 Å². The van der Waals surface area contributed by atoms with Crippen LogP contribution in [-0.4, -0.2) is 41.1 Å². The largest absolute Gasteiger partial charge is 0.355 e. The Balaban J connectivity index is 2.29. The van der Waals surface area contributed by atoms with Crippen LogP contribution < -0.4 is 5.32 Å². The van der Waals surface area contributed by atoms with Gasteiger partial charge >= 0.3 is 0 Å². The number of hydrogen-bond donors (Lipinski definition) is 1. The second kappa shape index (κ2) is 6.88. The fourth-order valence-corrected chi connectivity index (χ4v) is 2.15. The average Bonchev–Trinajstić information content (AvgIpc) is 2.60. The lowest BCUT2D eigenvalue weighted by atomic mass is 10.2. The van der Waals surface area contributed by atoms with Crippen LogP contribution in [0.15, 0.2) is 0 Å². The summed E-state index contributed by atoms with van der Waals surface area (Å²) in [7, 11) is 1.87. The zero-order chi connectivity index (χ0) is 12.8. The Labute approximate surface area is 110 Å². The minimum Gasteiger partial charge on any atom is -0.355 e. The number of halogens is 1. The molecule has 17 heavy (non-hydrogen) atoms. The van der Waals surface area contributed by atoms with Crippen molar-refractivity contribution < 1.29 is 4.79 Å². The maximum Gasteiger partial charge on any atom is 0.234 e. The average molecular weight is 277 g/mol. The van der Waals surface area contributed by atoms with E-state index in [2.05, 4.69) is 29.4 Å². The van der Waals surface area contributed by atoms with Crippen molar-refractivity contribution in [2.45, 2.75) is 20.4 Å². The van der Waals surface area contributed by atoms with Gasteiger partial charge in [0.1, 0.15) is 5.01 Å². The Kier molecular flexibility index (Phi) is 5.80. The summed E-state index contributed by atoms with van der Waals surface area (Å²) < 4.78 is 0.428. The first-order valence-electron chi connectivity index (χ1n) is 5.40. The fraction of sp³-hybridized carbons (Fsp3) is 0.700. The van der Waals surface area contributed by atoms with Gasteiger partial charge in [0, 0.05) is 6.54 Å². The molecule has 1 aromatic heterocycles. The van der Waals surface area contributed by atoms with Gasteiger partial charge < -0.3 is 5.32 Å². The molecule has 0 unspecified atom stereocenters. The van der Waals surface area contributed by atoms with Gasteiger partial charge in [0.15, 0.2) is 0 Å². The summed E-state index contributed by atoms with van der Waals surface area (Å²) in [5, 5.41) is 11.3. The molecule has 96 valence electrons. The minimum atomic E-state index is 0.0248. The van der Waals surface area contributed by atoms with E-state index in [4.69, 9.17) is 11.6 Å². The molecule has 0 aliphatic heterocycles. The van der Waals surface area contributed by atoms with Crippen molar-refractivity contribution in [3.05, 3.63) is 9.47 Å². The number of aromatic nitrogens is 2. The number of carbonyl (C=O) groups is 1. The standard InChI is InChI=1S/C10H17ClN4OS/c1-7(2)4-12-8(16)5-15(3)6-9-13-14-10(11)17-9/h7H,4-6H2,1-3H3,(H,12,16). The first-order chi connectivity index (χ1) is 7.97. The van der Waals surface area contributed by atoms with Crippen molar-refractivity contribution in [3.8, 4) is 0 Å². The fourth-order valence-electron chi connectivity index (χ4n) is 1.20. The van der Waals surface area contributed by atoms with Crippen molar-refractivity contribution in [1.29, 1.82) is 0 Å². The molecule has 0 saturated carbocycles. The first kappa shape index (κ1) is 14.3. The van der Waals surface area contributed by atoms with E-state index in [1.54, 1.807) is 0 Å². The number of nitrogens with one attached hydrogen (secondary N) is 1. The summed E-state index contributed by atoms with van der Waals surface area (Å²) in [5.41, 5.74) is 0. The predicted molar refractivity (Wildman–Crippen MR) is 69.1 cm³/mol. The highest BCUT2D eigenvalue weighted by Gasteiger charge is 2.10. The SMILES string of the molecule is CC(C)CNC(=O)CN(C)Cc1nnc(Cl)s1. The number of amides is 1. The van der Waals surface area contributed by atoms with Gasteiger partial charge in [-0.2, -0.15) is 0 Å². The highest BCUT2D eigenvalue weighted by atomic mass is 35.5. The summed E-state index contributed by atoms with van der Waals surface area (Å²) in [6.07, 6.45) is 0. The molecule has 0 bridgehead atoms. The van der Waals surface area contributed by atoms with Crippen LogP contribution >= 0.6 is 22.9 Å². The highest BCUT2D eigenvalue weighted by molar-refractivity contribution is 7.15. The van der Waals surface area contributed by atoms with Gasteiger partial charge in [0.2, 0.25) is 10.4 Å².